The van der Waals surface area contributed by atoms with Gasteiger partial charge in [0.1, 0.15) is 0 Å². The van der Waals surface area contributed by atoms with E-state index in [2.05, 4.69) is 41.7 Å². The van der Waals surface area contributed by atoms with Gasteiger partial charge in [-0.2, -0.15) is 0 Å². The van der Waals surface area contributed by atoms with E-state index < -0.39 is 0 Å². The molecule has 0 aliphatic carbocycles. The van der Waals surface area contributed by atoms with E-state index >= 15 is 0 Å². The Kier molecular flexibility index (Phi) is 2.93. The average molecular weight is 220 g/mol. The van der Waals surface area contributed by atoms with Crippen molar-refractivity contribution < 1.29 is 0 Å². The van der Waals surface area contributed by atoms with Crippen LogP contribution in [0.1, 0.15) is 16.8 Å². The molecule has 2 heterocycles. The van der Waals surface area contributed by atoms with Crippen molar-refractivity contribution in [3.05, 3.63) is 34.3 Å². The Morgan fingerprint density at radius 3 is 2.80 bits per heavy atom. The van der Waals surface area contributed by atoms with Crippen LogP contribution in [-0.4, -0.2) is 12.0 Å². The first-order chi connectivity index (χ1) is 7.22. The van der Waals surface area contributed by atoms with Crippen molar-refractivity contribution in [1.82, 2.24) is 10.3 Å². The second-order valence-corrected chi connectivity index (χ2v) is 4.71. The molecule has 0 radical (unpaired) electrons. The van der Waals surface area contributed by atoms with Crippen LogP contribution in [0.4, 0.5) is 0 Å². The van der Waals surface area contributed by atoms with Gasteiger partial charge in [-0.05, 0) is 49.5 Å². The summed E-state index contributed by atoms with van der Waals surface area (Å²) in [6.45, 7) is 5.20. The largest absolute Gasteiger partial charge is 0.358 e. The number of aromatic amines is 1. The third kappa shape index (κ3) is 1.98. The van der Waals surface area contributed by atoms with Gasteiger partial charge >= 0.3 is 0 Å². The number of nitrogens with one attached hydrogen (secondary N) is 2. The van der Waals surface area contributed by atoms with Crippen LogP contribution in [0.2, 0.25) is 0 Å². The molecule has 2 nitrogen and oxygen atoms in total. The van der Waals surface area contributed by atoms with Gasteiger partial charge in [0.2, 0.25) is 0 Å². The van der Waals surface area contributed by atoms with Gasteiger partial charge in [-0.15, -0.1) is 11.3 Å². The molecule has 0 aromatic carbocycles. The minimum absolute atomic E-state index is 0.923. The summed E-state index contributed by atoms with van der Waals surface area (Å²) in [4.78, 5) is 4.79. The Morgan fingerprint density at radius 2 is 2.20 bits per heavy atom. The zero-order valence-corrected chi connectivity index (χ0v) is 10.2. The smallest absolute Gasteiger partial charge is 0.0563 e. The number of hydrogen-bond donors (Lipinski definition) is 2. The van der Waals surface area contributed by atoms with Gasteiger partial charge in [0.25, 0.3) is 0 Å². The number of thiophene rings is 1. The van der Waals surface area contributed by atoms with Gasteiger partial charge in [-0.1, -0.05) is 0 Å². The molecule has 2 N–H and O–H groups in total. The van der Waals surface area contributed by atoms with Crippen LogP contribution in [0.25, 0.3) is 10.6 Å². The summed E-state index contributed by atoms with van der Waals surface area (Å²) in [5.41, 5.74) is 5.19. The second kappa shape index (κ2) is 4.21. The molecule has 0 spiro atoms. The van der Waals surface area contributed by atoms with Gasteiger partial charge in [0, 0.05) is 12.2 Å². The summed E-state index contributed by atoms with van der Waals surface area (Å²) in [7, 11) is 1.97. The molecule has 0 fully saturated rings. The molecule has 0 unspecified atom stereocenters. The van der Waals surface area contributed by atoms with Crippen molar-refractivity contribution in [2.75, 3.05) is 7.05 Å². The lowest BCUT2D eigenvalue weighted by Gasteiger charge is -1.95. The fourth-order valence-electron chi connectivity index (χ4n) is 1.75. The van der Waals surface area contributed by atoms with Crippen molar-refractivity contribution in [3.8, 4) is 10.6 Å². The van der Waals surface area contributed by atoms with Gasteiger partial charge in [0.05, 0.1) is 10.6 Å². The normalized spacial score (nSPS) is 10.9. The summed E-state index contributed by atoms with van der Waals surface area (Å²) < 4.78 is 0. The molecule has 2 aromatic rings. The maximum absolute atomic E-state index is 3.44. The number of H-pyrrole nitrogens is 1. The van der Waals surface area contributed by atoms with Gasteiger partial charge in [0.15, 0.2) is 0 Å². The van der Waals surface area contributed by atoms with E-state index in [0.29, 0.717) is 0 Å². The van der Waals surface area contributed by atoms with Crippen molar-refractivity contribution in [1.29, 1.82) is 0 Å². The van der Waals surface area contributed by atoms with Gasteiger partial charge < -0.3 is 10.3 Å². The first kappa shape index (κ1) is 10.5. The van der Waals surface area contributed by atoms with E-state index in [4.69, 9.17) is 0 Å². The molecule has 2 aromatic heterocycles. The highest BCUT2D eigenvalue weighted by Gasteiger charge is 2.08. The topological polar surface area (TPSA) is 27.8 Å². The highest BCUT2D eigenvalue weighted by Crippen LogP contribution is 2.29. The van der Waals surface area contributed by atoms with E-state index in [0.717, 1.165) is 6.54 Å². The molecule has 80 valence electrons. The molecule has 0 amide bonds. The van der Waals surface area contributed by atoms with Crippen LogP contribution in [0.3, 0.4) is 0 Å². The number of aryl methyl sites for hydroxylation is 2. The first-order valence-corrected chi connectivity index (χ1v) is 5.98. The molecule has 0 aliphatic heterocycles. The molecule has 3 heteroatoms. The quantitative estimate of drug-likeness (QED) is 0.817. The van der Waals surface area contributed by atoms with Crippen LogP contribution in [0.15, 0.2) is 17.5 Å². The van der Waals surface area contributed by atoms with E-state index in [9.17, 15) is 0 Å². The molecule has 2 rings (SSSR count). The number of aromatic nitrogens is 1. The van der Waals surface area contributed by atoms with Gasteiger partial charge in [-0.3, -0.25) is 0 Å². The Labute approximate surface area is 94.3 Å². The maximum Gasteiger partial charge on any atom is 0.0563 e. The highest BCUT2D eigenvalue weighted by atomic mass is 32.1. The summed E-state index contributed by atoms with van der Waals surface area (Å²) in [5, 5.41) is 5.32. The van der Waals surface area contributed by atoms with E-state index in [1.54, 1.807) is 11.3 Å². The monoisotopic (exact) mass is 220 g/mol. The molecule has 0 atom stereocenters. The predicted octanol–water partition coefficient (Wildman–Crippen LogP) is 3.08. The lowest BCUT2D eigenvalue weighted by molar-refractivity contribution is 0.812. The zero-order chi connectivity index (χ0) is 10.8. The van der Waals surface area contributed by atoms with E-state index in [1.807, 2.05) is 7.05 Å². The maximum atomic E-state index is 3.44. The molecule has 0 saturated heterocycles. The van der Waals surface area contributed by atoms with E-state index in [1.165, 1.54) is 27.4 Å². The van der Waals surface area contributed by atoms with Crippen molar-refractivity contribution in [2.45, 2.75) is 20.4 Å². The predicted molar refractivity (Wildman–Crippen MR) is 66.3 cm³/mol. The molecular formula is C12H16N2S. The molecule has 0 bridgehead atoms. The minimum atomic E-state index is 0.923. The van der Waals surface area contributed by atoms with E-state index in [-0.39, 0.29) is 0 Å². The van der Waals surface area contributed by atoms with Crippen LogP contribution in [0.5, 0.6) is 0 Å². The summed E-state index contributed by atoms with van der Waals surface area (Å²) in [6, 6.07) is 4.40. The lowest BCUT2D eigenvalue weighted by atomic mass is 10.2. The molecule has 0 aliphatic rings. The van der Waals surface area contributed by atoms with Crippen LogP contribution >= 0.6 is 11.3 Å². The summed E-state index contributed by atoms with van der Waals surface area (Å²) in [5.74, 6) is 0. The Morgan fingerprint density at radius 1 is 1.40 bits per heavy atom. The van der Waals surface area contributed by atoms with Crippen LogP contribution < -0.4 is 5.32 Å². The second-order valence-electron chi connectivity index (χ2n) is 3.80. The molecular weight excluding hydrogens is 204 g/mol. The first-order valence-electron chi connectivity index (χ1n) is 5.10. The number of hydrogen-bond acceptors (Lipinski definition) is 2. The fraction of sp³-hybridized carbons (Fsp3) is 0.333. The minimum Gasteiger partial charge on any atom is -0.358 e. The van der Waals surface area contributed by atoms with Gasteiger partial charge in [-0.25, -0.2) is 0 Å². The summed E-state index contributed by atoms with van der Waals surface area (Å²) >= 11 is 1.79. The van der Waals surface area contributed by atoms with Crippen LogP contribution in [-0.2, 0) is 6.54 Å². The van der Waals surface area contributed by atoms with Crippen molar-refractivity contribution in [2.24, 2.45) is 0 Å². The fourth-order valence-corrected chi connectivity index (χ4v) is 2.64. The zero-order valence-electron chi connectivity index (χ0n) is 9.35. The average Bonchev–Trinajstić information content (AvgIpc) is 2.75. The Hall–Kier alpha value is -1.06. The molecule has 0 saturated carbocycles. The highest BCUT2D eigenvalue weighted by molar-refractivity contribution is 7.13. The Balaban J connectivity index is 2.38. The van der Waals surface area contributed by atoms with Crippen molar-refractivity contribution >= 4 is 11.3 Å². The Bertz CT molecular complexity index is 454. The summed E-state index contributed by atoms with van der Waals surface area (Å²) in [6.07, 6.45) is 0. The van der Waals surface area contributed by atoms with Crippen molar-refractivity contribution in [3.63, 3.8) is 0 Å². The SMILES string of the molecule is CNCc1cc(-c2sccc2C)[nH]c1C. The third-order valence-corrected chi connectivity index (χ3v) is 3.65. The number of rotatable bonds is 3. The third-order valence-electron chi connectivity index (χ3n) is 2.60. The lowest BCUT2D eigenvalue weighted by Crippen LogP contribution is -2.04. The standard InChI is InChI=1S/C12H16N2S/c1-8-4-5-15-12(8)11-6-10(7-13-3)9(2)14-11/h4-6,13-14H,7H2,1-3H3. The molecule has 15 heavy (non-hydrogen) atoms. The van der Waals surface area contributed by atoms with Crippen LogP contribution in [0, 0.1) is 13.8 Å².